The molecule has 1 aliphatic heterocycles. The van der Waals surface area contributed by atoms with Crippen molar-refractivity contribution < 1.29 is 8.42 Å². The van der Waals surface area contributed by atoms with Crippen LogP contribution in [0.5, 0.6) is 0 Å². The molecule has 0 amide bonds. The van der Waals surface area contributed by atoms with Gasteiger partial charge in [-0.3, -0.25) is 4.72 Å². The van der Waals surface area contributed by atoms with Crippen LogP contribution in [0, 0.1) is 0 Å². The Morgan fingerprint density at radius 1 is 1.08 bits per heavy atom. The molecule has 0 bridgehead atoms. The van der Waals surface area contributed by atoms with Crippen molar-refractivity contribution in [3.8, 4) is 11.3 Å². The predicted octanol–water partition coefficient (Wildman–Crippen LogP) is 3.64. The maximum atomic E-state index is 12.3. The van der Waals surface area contributed by atoms with Gasteiger partial charge in [0.2, 0.25) is 10.0 Å². The molecule has 0 spiro atoms. The summed E-state index contributed by atoms with van der Waals surface area (Å²) >= 11 is 1.76. The molecule has 3 aromatic rings. The summed E-state index contributed by atoms with van der Waals surface area (Å²) in [5.74, 6) is 1.13. The minimum absolute atomic E-state index is 0.0593. The molecule has 0 fully saturated rings. The molecule has 5 nitrogen and oxygen atoms in total. The molecule has 0 saturated carbocycles. The number of nitrogens with zero attached hydrogens (tertiary/aromatic N) is 2. The number of rotatable bonds is 6. The Labute approximate surface area is 157 Å². The zero-order valence-electron chi connectivity index (χ0n) is 14.1. The molecule has 2 heterocycles. The van der Waals surface area contributed by atoms with Gasteiger partial charge in [0.15, 0.2) is 5.16 Å². The maximum Gasteiger partial charge on any atom is 0.233 e. The molecular weight excluding hydrogens is 366 g/mol. The van der Waals surface area contributed by atoms with Crippen molar-refractivity contribution in [1.29, 1.82) is 0 Å². The Balaban J connectivity index is 1.41. The largest absolute Gasteiger partial charge is 0.325 e. The van der Waals surface area contributed by atoms with E-state index in [1.54, 1.807) is 23.9 Å². The first-order valence-electron chi connectivity index (χ1n) is 8.44. The highest BCUT2D eigenvalue weighted by Gasteiger charge is 2.15. The van der Waals surface area contributed by atoms with Crippen LogP contribution in [0.2, 0.25) is 0 Å². The van der Waals surface area contributed by atoms with Gasteiger partial charge in [-0.15, -0.1) is 0 Å². The third-order valence-corrected chi connectivity index (χ3v) is 6.52. The van der Waals surface area contributed by atoms with Crippen LogP contribution in [-0.2, 0) is 23.0 Å². The lowest BCUT2D eigenvalue weighted by Gasteiger charge is -2.08. The fourth-order valence-corrected chi connectivity index (χ4v) is 4.93. The van der Waals surface area contributed by atoms with E-state index in [4.69, 9.17) is 0 Å². The van der Waals surface area contributed by atoms with Crippen LogP contribution >= 0.6 is 11.8 Å². The van der Waals surface area contributed by atoms with Crippen LogP contribution in [0.4, 0.5) is 5.69 Å². The van der Waals surface area contributed by atoms with Crippen LogP contribution in [0.3, 0.4) is 0 Å². The zero-order valence-corrected chi connectivity index (χ0v) is 15.8. The van der Waals surface area contributed by atoms with Gasteiger partial charge in [-0.25, -0.2) is 13.4 Å². The summed E-state index contributed by atoms with van der Waals surface area (Å²) in [7, 11) is -3.38. The second-order valence-electron chi connectivity index (χ2n) is 6.18. The average Bonchev–Trinajstić information content (AvgIpc) is 3.23. The molecule has 0 unspecified atom stereocenters. The van der Waals surface area contributed by atoms with E-state index in [0.717, 1.165) is 34.3 Å². The van der Waals surface area contributed by atoms with Crippen molar-refractivity contribution in [2.24, 2.45) is 0 Å². The van der Waals surface area contributed by atoms with Gasteiger partial charge in [-0.05, 0) is 24.1 Å². The van der Waals surface area contributed by atoms with Gasteiger partial charge < -0.3 is 4.57 Å². The van der Waals surface area contributed by atoms with Crippen LogP contribution in [0.1, 0.15) is 5.56 Å². The van der Waals surface area contributed by atoms with Crippen molar-refractivity contribution in [3.63, 3.8) is 0 Å². The van der Waals surface area contributed by atoms with Gasteiger partial charge in [-0.1, -0.05) is 54.2 Å². The van der Waals surface area contributed by atoms with Crippen molar-refractivity contribution in [2.45, 2.75) is 18.1 Å². The van der Waals surface area contributed by atoms with E-state index in [1.165, 1.54) is 0 Å². The van der Waals surface area contributed by atoms with Crippen molar-refractivity contribution >= 4 is 27.5 Å². The highest BCUT2D eigenvalue weighted by molar-refractivity contribution is 7.99. The first-order valence-corrected chi connectivity index (χ1v) is 11.1. The number of imidazole rings is 1. The predicted molar refractivity (Wildman–Crippen MR) is 106 cm³/mol. The molecule has 1 aromatic heterocycles. The number of benzene rings is 2. The molecule has 26 heavy (non-hydrogen) atoms. The molecule has 0 aliphatic carbocycles. The lowest BCUT2D eigenvalue weighted by Crippen LogP contribution is -2.18. The zero-order chi connectivity index (χ0) is 18.0. The first-order chi connectivity index (χ1) is 12.6. The highest BCUT2D eigenvalue weighted by Crippen LogP contribution is 2.29. The Kier molecular flexibility index (Phi) is 4.74. The van der Waals surface area contributed by atoms with Gasteiger partial charge in [0.1, 0.15) is 0 Å². The van der Waals surface area contributed by atoms with Crippen LogP contribution in [0.15, 0.2) is 66.0 Å². The van der Waals surface area contributed by atoms with Gasteiger partial charge in [0.05, 0.1) is 11.4 Å². The summed E-state index contributed by atoms with van der Waals surface area (Å²) in [6.07, 6.45) is 2.54. The van der Waals surface area contributed by atoms with Gasteiger partial charge in [0.25, 0.3) is 0 Å². The number of fused-ring (bicyclic) bond motifs is 1. The summed E-state index contributed by atoms with van der Waals surface area (Å²) in [5.41, 5.74) is 3.49. The second-order valence-corrected chi connectivity index (χ2v) is 9.09. The first kappa shape index (κ1) is 17.2. The van der Waals surface area contributed by atoms with E-state index in [-0.39, 0.29) is 5.75 Å². The van der Waals surface area contributed by atoms with Crippen molar-refractivity contribution in [3.05, 3.63) is 66.4 Å². The third-order valence-electron chi connectivity index (χ3n) is 4.26. The molecule has 0 atom stereocenters. The Bertz CT molecular complexity index is 976. The molecule has 0 saturated heterocycles. The summed E-state index contributed by atoms with van der Waals surface area (Å²) in [5, 5.41) is 1.05. The van der Waals surface area contributed by atoms with Crippen molar-refractivity contribution in [1.82, 2.24) is 9.55 Å². The fraction of sp³-hybridized carbons (Fsp3) is 0.211. The summed E-state index contributed by atoms with van der Waals surface area (Å²) in [4.78, 5) is 4.62. The lowest BCUT2D eigenvalue weighted by atomic mass is 10.1. The topological polar surface area (TPSA) is 64.0 Å². The number of thioether (sulfide) groups is 1. The van der Waals surface area contributed by atoms with Crippen LogP contribution in [0.25, 0.3) is 11.3 Å². The molecule has 1 N–H and O–H groups in total. The van der Waals surface area contributed by atoms with E-state index in [0.29, 0.717) is 12.1 Å². The van der Waals surface area contributed by atoms with E-state index in [2.05, 4.69) is 14.3 Å². The SMILES string of the molecule is O=S(=O)(CCc1ccccc1)Nc1ccc(-c2cn3c(n2)SCC3)cc1. The van der Waals surface area contributed by atoms with Crippen LogP contribution in [-0.4, -0.2) is 29.5 Å². The molecule has 134 valence electrons. The van der Waals surface area contributed by atoms with E-state index in [9.17, 15) is 8.42 Å². The van der Waals surface area contributed by atoms with Gasteiger partial charge in [0, 0.05) is 29.7 Å². The summed E-state index contributed by atoms with van der Waals surface area (Å²) in [6.45, 7) is 0.992. The van der Waals surface area contributed by atoms with E-state index < -0.39 is 10.0 Å². The molecule has 4 rings (SSSR count). The monoisotopic (exact) mass is 385 g/mol. The minimum Gasteiger partial charge on any atom is -0.325 e. The smallest absolute Gasteiger partial charge is 0.233 e. The average molecular weight is 386 g/mol. The Morgan fingerprint density at radius 3 is 2.58 bits per heavy atom. The number of hydrogen-bond donors (Lipinski definition) is 1. The quantitative estimate of drug-likeness (QED) is 0.704. The van der Waals surface area contributed by atoms with E-state index >= 15 is 0 Å². The Hall–Kier alpha value is -2.25. The van der Waals surface area contributed by atoms with Crippen LogP contribution < -0.4 is 4.72 Å². The fourth-order valence-electron chi connectivity index (χ4n) is 2.89. The number of anilines is 1. The molecular formula is C19H19N3O2S2. The number of aryl methyl sites for hydroxylation is 2. The summed E-state index contributed by atoms with van der Waals surface area (Å²) in [6, 6.07) is 17.0. The van der Waals surface area contributed by atoms with E-state index in [1.807, 2.05) is 48.7 Å². The number of nitrogens with one attached hydrogen (secondary N) is 1. The van der Waals surface area contributed by atoms with Crippen molar-refractivity contribution in [2.75, 3.05) is 16.2 Å². The van der Waals surface area contributed by atoms with Gasteiger partial charge >= 0.3 is 0 Å². The third kappa shape index (κ3) is 3.94. The number of aromatic nitrogens is 2. The Morgan fingerprint density at radius 2 is 1.85 bits per heavy atom. The minimum atomic E-state index is -3.38. The maximum absolute atomic E-state index is 12.3. The van der Waals surface area contributed by atoms with Gasteiger partial charge in [-0.2, -0.15) is 0 Å². The number of hydrogen-bond acceptors (Lipinski definition) is 4. The molecule has 7 heteroatoms. The highest BCUT2D eigenvalue weighted by atomic mass is 32.2. The molecule has 1 aliphatic rings. The summed E-state index contributed by atoms with van der Waals surface area (Å²) < 4.78 is 29.4. The lowest BCUT2D eigenvalue weighted by molar-refractivity contribution is 0.600. The molecule has 2 aromatic carbocycles. The normalized spacial score (nSPS) is 13.5. The molecule has 0 radical (unpaired) electrons. The number of sulfonamides is 1. The second kappa shape index (κ2) is 7.17. The standard InChI is InChI=1S/C19H19N3O2S2/c23-26(24,13-10-15-4-2-1-3-5-15)21-17-8-6-16(7-9-17)18-14-22-11-12-25-19(22)20-18/h1-9,14,21H,10-13H2.